The van der Waals surface area contributed by atoms with Crippen molar-refractivity contribution in [3.8, 4) is 11.3 Å². The maximum atomic E-state index is 12.1. The highest BCUT2D eigenvalue weighted by atomic mass is 16.5. The number of carbonyl (C=O) groups is 2. The Hall–Kier alpha value is -3.67. The van der Waals surface area contributed by atoms with Crippen LogP contribution in [0.25, 0.3) is 11.3 Å². The number of amides is 1. The lowest BCUT2D eigenvalue weighted by Crippen LogP contribution is -2.18. The zero-order valence-electron chi connectivity index (χ0n) is 15.6. The molecule has 0 radical (unpaired) electrons. The fourth-order valence-electron chi connectivity index (χ4n) is 2.60. The minimum atomic E-state index is -0.356. The Morgan fingerprint density at radius 3 is 2.54 bits per heavy atom. The van der Waals surface area contributed by atoms with Crippen molar-refractivity contribution in [3.63, 3.8) is 0 Å². The summed E-state index contributed by atoms with van der Waals surface area (Å²) in [5, 5.41) is 3.94. The molecule has 0 atom stereocenters. The molecule has 6 heteroatoms. The van der Waals surface area contributed by atoms with Crippen molar-refractivity contribution >= 4 is 18.1 Å². The number of nitrogens with zero attached hydrogens (tertiary/aromatic N) is 1. The lowest BCUT2D eigenvalue weighted by molar-refractivity contribution is 0.0526. The molecule has 2 aromatic carbocycles. The van der Waals surface area contributed by atoms with E-state index < -0.39 is 0 Å². The molecule has 1 N–H and O–H groups in total. The average Bonchev–Trinajstić information content (AvgIpc) is 3.17. The highest BCUT2D eigenvalue weighted by molar-refractivity contribution is 5.96. The van der Waals surface area contributed by atoms with Crippen LogP contribution in [0.2, 0.25) is 0 Å². The van der Waals surface area contributed by atoms with Gasteiger partial charge in [0, 0.05) is 11.1 Å². The Morgan fingerprint density at radius 1 is 1.07 bits per heavy atom. The first-order valence-electron chi connectivity index (χ1n) is 8.85. The normalized spacial score (nSPS) is 10.8. The van der Waals surface area contributed by atoms with E-state index >= 15 is 0 Å². The Kier molecular flexibility index (Phi) is 6.01. The summed E-state index contributed by atoms with van der Waals surface area (Å²) >= 11 is 0. The summed E-state index contributed by atoms with van der Waals surface area (Å²) in [6.45, 7) is 3.97. The van der Waals surface area contributed by atoms with Gasteiger partial charge in [0.1, 0.15) is 11.5 Å². The zero-order chi connectivity index (χ0) is 19.9. The standard InChI is InChI=1S/C22H20N2O4/c1-3-27-22(26)17-10-8-16(9-11-17)20-13-12-18(28-20)14-23-24-21(25)19-7-5-4-6-15(19)2/h4-14H,3H2,1-2H3,(H,24,25)/b23-14+. The van der Waals surface area contributed by atoms with Gasteiger partial charge in [-0.15, -0.1) is 0 Å². The summed E-state index contributed by atoms with van der Waals surface area (Å²) in [6.07, 6.45) is 1.44. The van der Waals surface area contributed by atoms with Gasteiger partial charge in [-0.05, 0) is 49.7 Å². The molecular weight excluding hydrogens is 356 g/mol. The molecule has 142 valence electrons. The molecule has 0 aliphatic rings. The van der Waals surface area contributed by atoms with Crippen molar-refractivity contribution in [2.45, 2.75) is 13.8 Å². The average molecular weight is 376 g/mol. The van der Waals surface area contributed by atoms with Crippen LogP contribution >= 0.6 is 0 Å². The van der Waals surface area contributed by atoms with Crippen LogP contribution in [0.15, 0.2) is 70.2 Å². The van der Waals surface area contributed by atoms with Crippen LogP contribution in [0.5, 0.6) is 0 Å². The van der Waals surface area contributed by atoms with Gasteiger partial charge < -0.3 is 9.15 Å². The number of rotatable bonds is 6. The molecule has 0 fully saturated rings. The Labute approximate surface area is 162 Å². The van der Waals surface area contributed by atoms with Crippen LogP contribution in [0.3, 0.4) is 0 Å². The third kappa shape index (κ3) is 4.54. The number of hydrazone groups is 1. The van der Waals surface area contributed by atoms with Crippen molar-refractivity contribution in [2.75, 3.05) is 6.61 Å². The first-order chi connectivity index (χ1) is 13.6. The van der Waals surface area contributed by atoms with Gasteiger partial charge in [-0.3, -0.25) is 4.79 Å². The number of nitrogens with one attached hydrogen (secondary N) is 1. The van der Waals surface area contributed by atoms with Crippen LogP contribution in [0, 0.1) is 6.92 Å². The number of carbonyl (C=O) groups excluding carboxylic acids is 2. The smallest absolute Gasteiger partial charge is 0.338 e. The van der Waals surface area contributed by atoms with Gasteiger partial charge in [0.25, 0.3) is 5.91 Å². The number of hydrogen-bond acceptors (Lipinski definition) is 5. The molecule has 1 heterocycles. The second kappa shape index (κ2) is 8.81. The number of esters is 1. The predicted octanol–water partition coefficient (Wildman–Crippen LogP) is 4.20. The lowest BCUT2D eigenvalue weighted by atomic mass is 10.1. The SMILES string of the molecule is CCOC(=O)c1ccc(-c2ccc(/C=N/NC(=O)c3ccccc3C)o2)cc1. The van der Waals surface area contributed by atoms with Gasteiger partial charge in [-0.1, -0.05) is 30.3 Å². The Bertz CT molecular complexity index is 1000. The molecule has 3 aromatic rings. The third-order valence-electron chi connectivity index (χ3n) is 4.05. The highest BCUT2D eigenvalue weighted by Gasteiger charge is 2.09. The Balaban J connectivity index is 1.64. The number of furan rings is 1. The number of benzene rings is 2. The summed E-state index contributed by atoms with van der Waals surface area (Å²) in [7, 11) is 0. The van der Waals surface area contributed by atoms with E-state index in [1.54, 1.807) is 55.5 Å². The van der Waals surface area contributed by atoms with Crippen molar-refractivity contribution < 1.29 is 18.7 Å². The van der Waals surface area contributed by atoms with E-state index in [9.17, 15) is 9.59 Å². The maximum absolute atomic E-state index is 12.1. The molecule has 0 unspecified atom stereocenters. The van der Waals surface area contributed by atoms with E-state index in [1.807, 2.05) is 19.1 Å². The molecule has 1 amide bonds. The van der Waals surface area contributed by atoms with Crippen LogP contribution in [-0.4, -0.2) is 24.7 Å². The molecule has 0 aliphatic heterocycles. The van der Waals surface area contributed by atoms with Gasteiger partial charge in [-0.25, -0.2) is 10.2 Å². The van der Waals surface area contributed by atoms with Crippen molar-refractivity contribution in [3.05, 3.63) is 83.1 Å². The second-order valence-corrected chi connectivity index (χ2v) is 6.01. The van der Waals surface area contributed by atoms with Gasteiger partial charge in [0.15, 0.2) is 0 Å². The summed E-state index contributed by atoms with van der Waals surface area (Å²) in [6, 6.07) is 17.8. The fourth-order valence-corrected chi connectivity index (χ4v) is 2.60. The molecular formula is C22H20N2O4. The first-order valence-corrected chi connectivity index (χ1v) is 8.85. The van der Waals surface area contributed by atoms with Crippen molar-refractivity contribution in [1.29, 1.82) is 0 Å². The molecule has 0 aliphatic carbocycles. The highest BCUT2D eigenvalue weighted by Crippen LogP contribution is 2.22. The minimum absolute atomic E-state index is 0.282. The number of aryl methyl sites for hydroxylation is 1. The van der Waals surface area contributed by atoms with Crippen molar-refractivity contribution in [2.24, 2.45) is 5.10 Å². The summed E-state index contributed by atoms with van der Waals surface area (Å²) < 4.78 is 10.7. The summed E-state index contributed by atoms with van der Waals surface area (Å²) in [5.41, 5.74) is 5.24. The second-order valence-electron chi connectivity index (χ2n) is 6.01. The summed E-state index contributed by atoms with van der Waals surface area (Å²) in [4.78, 5) is 23.8. The van der Waals surface area contributed by atoms with E-state index in [0.29, 0.717) is 29.3 Å². The largest absolute Gasteiger partial charge is 0.462 e. The first kappa shape index (κ1) is 19.1. The number of ether oxygens (including phenoxy) is 1. The van der Waals surface area contributed by atoms with Crippen LogP contribution in [0.4, 0.5) is 0 Å². The van der Waals surface area contributed by atoms with Gasteiger partial charge in [-0.2, -0.15) is 5.10 Å². The number of hydrogen-bond donors (Lipinski definition) is 1. The molecule has 0 saturated carbocycles. The summed E-state index contributed by atoms with van der Waals surface area (Å²) in [5.74, 6) is 0.484. The Morgan fingerprint density at radius 2 is 1.82 bits per heavy atom. The third-order valence-corrected chi connectivity index (χ3v) is 4.05. The van der Waals surface area contributed by atoms with Gasteiger partial charge >= 0.3 is 5.97 Å². The van der Waals surface area contributed by atoms with E-state index in [1.165, 1.54) is 6.21 Å². The van der Waals surface area contributed by atoms with E-state index in [2.05, 4.69) is 10.5 Å². The van der Waals surface area contributed by atoms with Crippen LogP contribution < -0.4 is 5.43 Å². The topological polar surface area (TPSA) is 80.9 Å². The van der Waals surface area contributed by atoms with Crippen LogP contribution in [0.1, 0.15) is 39.0 Å². The molecule has 1 aromatic heterocycles. The monoisotopic (exact) mass is 376 g/mol. The van der Waals surface area contributed by atoms with Crippen LogP contribution in [-0.2, 0) is 4.74 Å². The molecule has 6 nitrogen and oxygen atoms in total. The van der Waals surface area contributed by atoms with Crippen molar-refractivity contribution in [1.82, 2.24) is 5.43 Å². The minimum Gasteiger partial charge on any atom is -0.462 e. The predicted molar refractivity (Wildman–Crippen MR) is 106 cm³/mol. The van der Waals surface area contributed by atoms with E-state index in [-0.39, 0.29) is 11.9 Å². The van der Waals surface area contributed by atoms with Gasteiger partial charge in [0.05, 0.1) is 18.4 Å². The zero-order valence-corrected chi connectivity index (χ0v) is 15.6. The molecule has 0 saturated heterocycles. The fraction of sp³-hybridized carbons (Fsp3) is 0.136. The van der Waals surface area contributed by atoms with E-state index in [0.717, 1.165) is 11.1 Å². The molecule has 28 heavy (non-hydrogen) atoms. The molecule has 0 bridgehead atoms. The lowest BCUT2D eigenvalue weighted by Gasteiger charge is -2.03. The van der Waals surface area contributed by atoms with Gasteiger partial charge in [0.2, 0.25) is 0 Å². The quantitative estimate of drug-likeness (QED) is 0.397. The van der Waals surface area contributed by atoms with E-state index in [4.69, 9.17) is 9.15 Å². The maximum Gasteiger partial charge on any atom is 0.338 e. The molecule has 0 spiro atoms. The molecule has 3 rings (SSSR count).